The summed E-state index contributed by atoms with van der Waals surface area (Å²) in [5.41, 5.74) is 7.20. The van der Waals surface area contributed by atoms with Crippen molar-refractivity contribution in [2.75, 3.05) is 5.32 Å². The Kier molecular flexibility index (Phi) is 4.18. The van der Waals surface area contributed by atoms with Gasteiger partial charge in [-0.25, -0.2) is 0 Å². The zero-order chi connectivity index (χ0) is 13.5. The van der Waals surface area contributed by atoms with Crippen LogP contribution in [0.3, 0.4) is 0 Å². The molecule has 2 aromatic carbocycles. The lowest BCUT2D eigenvalue weighted by Crippen LogP contribution is -2.28. The maximum Gasteiger partial charge on any atom is 0.256 e. The molecule has 0 heterocycles. The van der Waals surface area contributed by atoms with Gasteiger partial charge >= 0.3 is 0 Å². The number of benzene rings is 2. The van der Waals surface area contributed by atoms with Crippen LogP contribution in [0.2, 0.25) is 0 Å². The van der Waals surface area contributed by atoms with E-state index >= 15 is 0 Å². The molecule has 0 saturated heterocycles. The lowest BCUT2D eigenvalue weighted by molar-refractivity contribution is 0.0965. The first-order chi connectivity index (χ1) is 9.25. The molecule has 0 aliphatic heterocycles. The predicted octanol–water partition coefficient (Wildman–Crippen LogP) is 2.29. The largest absolute Gasteiger partial charge is 0.384 e. The van der Waals surface area contributed by atoms with Gasteiger partial charge in [-0.15, -0.1) is 0 Å². The summed E-state index contributed by atoms with van der Waals surface area (Å²) in [5.74, 6) is 0.0296. The first-order valence-electron chi connectivity index (χ1n) is 5.89. The Morgan fingerprint density at radius 2 is 1.53 bits per heavy atom. The standard InChI is InChI=1S/C15H15N3O/c16-14(11-17-13-9-5-2-6-10-13)18-15(19)12-7-3-1-4-8-12/h1-11,17H,16H2,(H,18,19)/b14-11-. The molecule has 4 nitrogen and oxygen atoms in total. The van der Waals surface area contributed by atoms with Crippen molar-refractivity contribution in [2.45, 2.75) is 0 Å². The van der Waals surface area contributed by atoms with Crippen molar-refractivity contribution in [3.05, 3.63) is 78.2 Å². The van der Waals surface area contributed by atoms with Crippen LogP contribution < -0.4 is 16.4 Å². The molecule has 0 aromatic heterocycles. The molecule has 0 fully saturated rings. The first-order valence-corrected chi connectivity index (χ1v) is 5.89. The number of nitrogens with two attached hydrogens (primary N) is 1. The van der Waals surface area contributed by atoms with Crippen molar-refractivity contribution >= 4 is 11.6 Å². The second kappa shape index (κ2) is 6.26. The molecule has 0 spiro atoms. The van der Waals surface area contributed by atoms with Crippen LogP contribution in [0.25, 0.3) is 0 Å². The van der Waals surface area contributed by atoms with Crippen LogP contribution in [-0.4, -0.2) is 5.91 Å². The third-order valence-corrected chi connectivity index (χ3v) is 2.46. The Bertz CT molecular complexity index is 564. The summed E-state index contributed by atoms with van der Waals surface area (Å²) < 4.78 is 0. The van der Waals surface area contributed by atoms with E-state index in [0.29, 0.717) is 5.56 Å². The fourth-order valence-corrected chi connectivity index (χ4v) is 1.52. The van der Waals surface area contributed by atoms with Crippen molar-refractivity contribution in [3.63, 3.8) is 0 Å². The van der Waals surface area contributed by atoms with E-state index in [9.17, 15) is 4.79 Å². The Labute approximate surface area is 111 Å². The summed E-state index contributed by atoms with van der Waals surface area (Å²) in [4.78, 5) is 11.8. The fourth-order valence-electron chi connectivity index (χ4n) is 1.52. The van der Waals surface area contributed by atoms with Crippen LogP contribution >= 0.6 is 0 Å². The van der Waals surface area contributed by atoms with Gasteiger partial charge in [0.2, 0.25) is 0 Å². The monoisotopic (exact) mass is 253 g/mol. The average Bonchev–Trinajstić information content (AvgIpc) is 2.47. The van der Waals surface area contributed by atoms with Gasteiger partial charge in [0.1, 0.15) is 5.82 Å². The predicted molar refractivity (Wildman–Crippen MR) is 76.2 cm³/mol. The molecule has 4 heteroatoms. The van der Waals surface area contributed by atoms with Crippen LogP contribution in [0.1, 0.15) is 10.4 Å². The maximum atomic E-state index is 11.8. The highest BCUT2D eigenvalue weighted by molar-refractivity contribution is 5.95. The van der Waals surface area contributed by atoms with E-state index in [0.717, 1.165) is 5.69 Å². The van der Waals surface area contributed by atoms with Gasteiger partial charge in [0.15, 0.2) is 0 Å². The van der Waals surface area contributed by atoms with E-state index < -0.39 is 0 Å². The van der Waals surface area contributed by atoms with Crippen molar-refractivity contribution in [1.29, 1.82) is 0 Å². The molecule has 4 N–H and O–H groups in total. The Morgan fingerprint density at radius 3 is 2.16 bits per heavy atom. The van der Waals surface area contributed by atoms with E-state index in [2.05, 4.69) is 10.6 Å². The number of para-hydroxylation sites is 1. The quantitative estimate of drug-likeness (QED) is 0.783. The molecule has 0 atom stereocenters. The van der Waals surface area contributed by atoms with Crippen molar-refractivity contribution in [1.82, 2.24) is 5.32 Å². The van der Waals surface area contributed by atoms with E-state index in [4.69, 9.17) is 5.73 Å². The third kappa shape index (κ3) is 3.89. The first kappa shape index (κ1) is 12.7. The number of nitrogens with one attached hydrogen (secondary N) is 2. The second-order valence-electron chi connectivity index (χ2n) is 3.93. The minimum atomic E-state index is -0.232. The summed E-state index contributed by atoms with van der Waals surface area (Å²) >= 11 is 0. The summed E-state index contributed by atoms with van der Waals surface area (Å²) in [7, 11) is 0. The molecular formula is C15H15N3O. The van der Waals surface area contributed by atoms with Gasteiger partial charge in [-0.3, -0.25) is 4.79 Å². The summed E-state index contributed by atoms with van der Waals surface area (Å²) in [6.07, 6.45) is 1.55. The molecule has 2 aromatic rings. The van der Waals surface area contributed by atoms with Gasteiger partial charge in [0.25, 0.3) is 5.91 Å². The van der Waals surface area contributed by atoms with Crippen LogP contribution in [0.4, 0.5) is 5.69 Å². The van der Waals surface area contributed by atoms with Gasteiger partial charge in [0, 0.05) is 17.5 Å². The minimum Gasteiger partial charge on any atom is -0.384 e. The molecule has 0 unspecified atom stereocenters. The highest BCUT2D eigenvalue weighted by atomic mass is 16.1. The van der Waals surface area contributed by atoms with Gasteiger partial charge in [0.05, 0.1) is 0 Å². The van der Waals surface area contributed by atoms with Crippen molar-refractivity contribution < 1.29 is 4.79 Å². The molecule has 0 aliphatic carbocycles. The van der Waals surface area contributed by atoms with Crippen molar-refractivity contribution in [2.24, 2.45) is 5.73 Å². The van der Waals surface area contributed by atoms with E-state index in [-0.39, 0.29) is 11.7 Å². The lowest BCUT2D eigenvalue weighted by atomic mass is 10.2. The normalized spacial score (nSPS) is 10.8. The zero-order valence-corrected chi connectivity index (χ0v) is 10.3. The summed E-state index contributed by atoms with van der Waals surface area (Å²) in [5, 5.41) is 5.60. The Balaban J connectivity index is 1.94. The molecule has 96 valence electrons. The summed E-state index contributed by atoms with van der Waals surface area (Å²) in [6.45, 7) is 0. The van der Waals surface area contributed by atoms with Crippen LogP contribution in [0.5, 0.6) is 0 Å². The number of rotatable bonds is 4. The molecule has 0 aliphatic rings. The summed E-state index contributed by atoms with van der Waals surface area (Å²) in [6, 6.07) is 18.5. The van der Waals surface area contributed by atoms with E-state index in [1.807, 2.05) is 36.4 Å². The van der Waals surface area contributed by atoms with Crippen LogP contribution in [-0.2, 0) is 0 Å². The highest BCUT2D eigenvalue weighted by Crippen LogP contribution is 2.04. The number of amides is 1. The fraction of sp³-hybridized carbons (Fsp3) is 0. The van der Waals surface area contributed by atoms with Crippen LogP contribution in [0.15, 0.2) is 72.7 Å². The Hall–Kier alpha value is -2.75. The SMILES string of the molecule is N/C(=C/Nc1ccccc1)NC(=O)c1ccccc1. The average molecular weight is 253 g/mol. The topological polar surface area (TPSA) is 67.2 Å². The molecule has 2 rings (SSSR count). The van der Waals surface area contributed by atoms with E-state index in [1.165, 1.54) is 0 Å². The molecule has 1 amide bonds. The molecule has 0 bridgehead atoms. The lowest BCUT2D eigenvalue weighted by Gasteiger charge is -2.06. The smallest absolute Gasteiger partial charge is 0.256 e. The number of anilines is 1. The second-order valence-corrected chi connectivity index (χ2v) is 3.93. The van der Waals surface area contributed by atoms with E-state index in [1.54, 1.807) is 30.5 Å². The maximum absolute atomic E-state index is 11.8. The number of carbonyl (C=O) groups is 1. The third-order valence-electron chi connectivity index (χ3n) is 2.46. The molecule has 0 saturated carbocycles. The molecular weight excluding hydrogens is 238 g/mol. The van der Waals surface area contributed by atoms with Gasteiger partial charge < -0.3 is 16.4 Å². The Morgan fingerprint density at radius 1 is 0.947 bits per heavy atom. The van der Waals surface area contributed by atoms with Gasteiger partial charge in [-0.1, -0.05) is 36.4 Å². The number of carbonyl (C=O) groups excluding carboxylic acids is 1. The molecule has 19 heavy (non-hydrogen) atoms. The number of hydrogen-bond donors (Lipinski definition) is 3. The van der Waals surface area contributed by atoms with Crippen LogP contribution in [0, 0.1) is 0 Å². The number of hydrogen-bond acceptors (Lipinski definition) is 3. The van der Waals surface area contributed by atoms with Gasteiger partial charge in [-0.05, 0) is 24.3 Å². The minimum absolute atomic E-state index is 0.232. The molecule has 0 radical (unpaired) electrons. The van der Waals surface area contributed by atoms with Crippen molar-refractivity contribution in [3.8, 4) is 0 Å². The highest BCUT2D eigenvalue weighted by Gasteiger charge is 2.04. The van der Waals surface area contributed by atoms with Gasteiger partial charge in [-0.2, -0.15) is 0 Å². The zero-order valence-electron chi connectivity index (χ0n) is 10.3.